The molecule has 0 bridgehead atoms. The molecule has 0 spiro atoms. The molecule has 19 heavy (non-hydrogen) atoms. The third-order valence-electron chi connectivity index (χ3n) is 3.10. The fraction of sp³-hybridized carbons (Fsp3) is 0.214. The Morgan fingerprint density at radius 3 is 3.00 bits per heavy atom. The molecule has 2 aromatic rings. The summed E-state index contributed by atoms with van der Waals surface area (Å²) in [5.41, 5.74) is 3.11. The molecule has 2 heterocycles. The summed E-state index contributed by atoms with van der Waals surface area (Å²) in [6.45, 7) is 0.970. The molecule has 0 radical (unpaired) electrons. The molecule has 0 atom stereocenters. The number of nitrogens with one attached hydrogen (secondary N) is 2. The Labute approximate surface area is 115 Å². The maximum Gasteiger partial charge on any atom is 0.291 e. The molecule has 0 aliphatic carbocycles. The largest absolute Gasteiger partial charge is 0.440 e. The zero-order valence-corrected chi connectivity index (χ0v) is 11.0. The van der Waals surface area contributed by atoms with Crippen molar-refractivity contribution in [2.45, 2.75) is 12.8 Å². The van der Waals surface area contributed by atoms with Crippen LogP contribution in [0.5, 0.6) is 0 Å². The number of anilines is 2. The highest BCUT2D eigenvalue weighted by atomic mass is 35.5. The molecule has 98 valence electrons. The van der Waals surface area contributed by atoms with E-state index in [4.69, 9.17) is 16.0 Å². The average Bonchev–Trinajstić information content (AvgIpc) is 2.85. The lowest BCUT2D eigenvalue weighted by atomic mass is 10.0. The lowest BCUT2D eigenvalue weighted by Gasteiger charge is -2.18. The first-order valence-electron chi connectivity index (χ1n) is 6.16. The lowest BCUT2D eigenvalue weighted by Crippen LogP contribution is -2.14. The molecule has 1 aromatic carbocycles. The van der Waals surface area contributed by atoms with E-state index in [1.807, 2.05) is 18.2 Å². The van der Waals surface area contributed by atoms with Crippen molar-refractivity contribution in [2.24, 2.45) is 0 Å². The van der Waals surface area contributed by atoms with Crippen molar-refractivity contribution >= 4 is 28.9 Å². The SMILES string of the molecule is O=C(Nc1ccc2c(c1)NCCC2)c1ccc(Cl)o1. The number of carbonyl (C=O) groups excluding carboxylic acids is 1. The van der Waals surface area contributed by atoms with Gasteiger partial charge in [-0.3, -0.25) is 4.79 Å². The van der Waals surface area contributed by atoms with Crippen molar-refractivity contribution in [1.82, 2.24) is 0 Å². The third-order valence-corrected chi connectivity index (χ3v) is 3.31. The predicted molar refractivity (Wildman–Crippen MR) is 74.9 cm³/mol. The van der Waals surface area contributed by atoms with Crippen LogP contribution in [0.1, 0.15) is 22.5 Å². The van der Waals surface area contributed by atoms with Crippen LogP contribution in [0.3, 0.4) is 0 Å². The minimum atomic E-state index is -0.303. The highest BCUT2D eigenvalue weighted by Gasteiger charge is 2.13. The highest BCUT2D eigenvalue weighted by molar-refractivity contribution is 6.29. The van der Waals surface area contributed by atoms with E-state index in [-0.39, 0.29) is 16.9 Å². The number of fused-ring (bicyclic) bond motifs is 1. The van der Waals surface area contributed by atoms with Gasteiger partial charge in [0.25, 0.3) is 5.91 Å². The molecule has 0 fully saturated rings. The summed E-state index contributed by atoms with van der Waals surface area (Å²) in [6, 6.07) is 8.97. The van der Waals surface area contributed by atoms with Gasteiger partial charge in [-0.2, -0.15) is 0 Å². The number of benzene rings is 1. The molecule has 3 rings (SSSR count). The van der Waals surface area contributed by atoms with Gasteiger partial charge in [0.15, 0.2) is 11.0 Å². The number of aryl methyl sites for hydroxylation is 1. The van der Waals surface area contributed by atoms with Gasteiger partial charge >= 0.3 is 0 Å². The van der Waals surface area contributed by atoms with Crippen molar-refractivity contribution in [2.75, 3.05) is 17.2 Å². The second-order valence-corrected chi connectivity index (χ2v) is 4.83. The van der Waals surface area contributed by atoms with Gasteiger partial charge in [-0.05, 0) is 54.3 Å². The summed E-state index contributed by atoms with van der Waals surface area (Å²) in [4.78, 5) is 11.9. The van der Waals surface area contributed by atoms with Gasteiger partial charge in [0.1, 0.15) is 0 Å². The molecule has 0 saturated heterocycles. The van der Waals surface area contributed by atoms with Gasteiger partial charge in [-0.15, -0.1) is 0 Å². The van der Waals surface area contributed by atoms with Gasteiger partial charge in [0.05, 0.1) is 0 Å². The Kier molecular flexibility index (Phi) is 3.17. The first-order chi connectivity index (χ1) is 9.22. The molecule has 4 nitrogen and oxygen atoms in total. The number of amides is 1. The van der Waals surface area contributed by atoms with Crippen LogP contribution in [-0.2, 0) is 6.42 Å². The van der Waals surface area contributed by atoms with Crippen LogP contribution >= 0.6 is 11.6 Å². The normalized spacial score (nSPS) is 13.5. The first kappa shape index (κ1) is 12.1. The van der Waals surface area contributed by atoms with Crippen molar-refractivity contribution in [3.8, 4) is 0 Å². The minimum Gasteiger partial charge on any atom is -0.440 e. The Hall–Kier alpha value is -1.94. The van der Waals surface area contributed by atoms with Crippen LogP contribution in [0.25, 0.3) is 0 Å². The van der Waals surface area contributed by atoms with Crippen molar-refractivity contribution in [3.05, 3.63) is 46.9 Å². The summed E-state index contributed by atoms with van der Waals surface area (Å²) in [6.07, 6.45) is 2.22. The molecule has 0 saturated carbocycles. The Balaban J connectivity index is 1.78. The molecule has 2 N–H and O–H groups in total. The zero-order chi connectivity index (χ0) is 13.2. The number of hydrogen-bond donors (Lipinski definition) is 2. The number of furan rings is 1. The van der Waals surface area contributed by atoms with Crippen LogP contribution in [0.2, 0.25) is 5.22 Å². The topological polar surface area (TPSA) is 54.3 Å². The second kappa shape index (κ2) is 4.97. The van der Waals surface area contributed by atoms with E-state index in [1.54, 1.807) is 12.1 Å². The predicted octanol–water partition coefficient (Wildman–Crippen LogP) is 3.54. The molecule has 0 unspecified atom stereocenters. The highest BCUT2D eigenvalue weighted by Crippen LogP contribution is 2.25. The Bertz CT molecular complexity index is 622. The Morgan fingerprint density at radius 2 is 2.21 bits per heavy atom. The van der Waals surface area contributed by atoms with Crippen LogP contribution in [0, 0.1) is 0 Å². The number of carbonyl (C=O) groups is 1. The fourth-order valence-electron chi connectivity index (χ4n) is 2.17. The smallest absolute Gasteiger partial charge is 0.291 e. The average molecular weight is 277 g/mol. The minimum absolute atomic E-state index is 0.204. The number of rotatable bonds is 2. The van der Waals surface area contributed by atoms with E-state index in [0.717, 1.165) is 30.8 Å². The fourth-order valence-corrected chi connectivity index (χ4v) is 2.31. The zero-order valence-electron chi connectivity index (χ0n) is 10.2. The summed E-state index contributed by atoms with van der Waals surface area (Å²) < 4.78 is 5.07. The molecule has 1 aliphatic rings. The summed E-state index contributed by atoms with van der Waals surface area (Å²) in [7, 11) is 0. The third kappa shape index (κ3) is 2.58. The molecular formula is C14H13ClN2O2. The lowest BCUT2D eigenvalue weighted by molar-refractivity contribution is 0.0997. The second-order valence-electron chi connectivity index (χ2n) is 4.46. The Morgan fingerprint density at radius 1 is 1.32 bits per heavy atom. The quantitative estimate of drug-likeness (QED) is 0.882. The van der Waals surface area contributed by atoms with Gasteiger partial charge in [-0.25, -0.2) is 0 Å². The van der Waals surface area contributed by atoms with Gasteiger partial charge in [-0.1, -0.05) is 6.07 Å². The van der Waals surface area contributed by atoms with E-state index in [2.05, 4.69) is 10.6 Å². The van der Waals surface area contributed by atoms with Gasteiger partial charge in [0.2, 0.25) is 0 Å². The van der Waals surface area contributed by atoms with E-state index in [9.17, 15) is 4.79 Å². The standard InChI is InChI=1S/C14H13ClN2O2/c15-13-6-5-12(19-13)14(18)17-10-4-3-9-2-1-7-16-11(9)8-10/h3-6,8,16H,1-2,7H2,(H,17,18). The van der Waals surface area contributed by atoms with Crippen LogP contribution in [0.15, 0.2) is 34.7 Å². The summed E-state index contributed by atoms with van der Waals surface area (Å²) in [5, 5.41) is 6.32. The molecule has 1 aliphatic heterocycles. The van der Waals surface area contributed by atoms with Crippen molar-refractivity contribution in [3.63, 3.8) is 0 Å². The number of hydrogen-bond acceptors (Lipinski definition) is 3. The van der Waals surface area contributed by atoms with E-state index < -0.39 is 0 Å². The summed E-state index contributed by atoms with van der Waals surface area (Å²) >= 11 is 5.65. The summed E-state index contributed by atoms with van der Waals surface area (Å²) in [5.74, 6) is -0.0988. The van der Waals surface area contributed by atoms with E-state index >= 15 is 0 Å². The maximum atomic E-state index is 11.9. The van der Waals surface area contributed by atoms with Crippen LogP contribution in [-0.4, -0.2) is 12.5 Å². The molecular weight excluding hydrogens is 264 g/mol. The first-order valence-corrected chi connectivity index (χ1v) is 6.54. The maximum absolute atomic E-state index is 11.9. The van der Waals surface area contributed by atoms with Crippen molar-refractivity contribution < 1.29 is 9.21 Å². The van der Waals surface area contributed by atoms with Crippen molar-refractivity contribution in [1.29, 1.82) is 0 Å². The van der Waals surface area contributed by atoms with Crippen LogP contribution < -0.4 is 10.6 Å². The molecule has 1 aromatic heterocycles. The van der Waals surface area contributed by atoms with Gasteiger partial charge < -0.3 is 15.1 Å². The van der Waals surface area contributed by atoms with E-state index in [1.165, 1.54) is 5.56 Å². The van der Waals surface area contributed by atoms with Gasteiger partial charge in [0, 0.05) is 17.9 Å². The molecule has 5 heteroatoms. The molecule has 1 amide bonds. The number of halogens is 1. The van der Waals surface area contributed by atoms with Crippen LogP contribution in [0.4, 0.5) is 11.4 Å². The monoisotopic (exact) mass is 276 g/mol. The van der Waals surface area contributed by atoms with E-state index in [0.29, 0.717) is 0 Å².